The molecule has 1 unspecified atom stereocenters. The highest BCUT2D eigenvalue weighted by Gasteiger charge is 2.30. The topological polar surface area (TPSA) is 72.9 Å². The van der Waals surface area contributed by atoms with Crippen molar-refractivity contribution in [3.63, 3.8) is 0 Å². The summed E-state index contributed by atoms with van der Waals surface area (Å²) in [5.41, 5.74) is -0.369. The highest BCUT2D eigenvalue weighted by atomic mass is 16.5. The van der Waals surface area contributed by atoms with Crippen molar-refractivity contribution in [3.8, 4) is 5.75 Å². The van der Waals surface area contributed by atoms with Gasteiger partial charge in [0.2, 0.25) is 11.2 Å². The summed E-state index contributed by atoms with van der Waals surface area (Å²) in [6.07, 6.45) is 6.63. The van der Waals surface area contributed by atoms with Gasteiger partial charge in [-0.15, -0.1) is 0 Å². The van der Waals surface area contributed by atoms with Gasteiger partial charge < -0.3 is 18.5 Å². The average Bonchev–Trinajstić information content (AvgIpc) is 2.98. The molecule has 23 heavy (non-hydrogen) atoms. The summed E-state index contributed by atoms with van der Waals surface area (Å²) < 4.78 is 15.7. The Balaban J connectivity index is 1.91. The number of rotatable bonds is 3. The molecule has 0 N–H and O–H groups in total. The van der Waals surface area contributed by atoms with Crippen LogP contribution in [-0.4, -0.2) is 24.5 Å². The van der Waals surface area contributed by atoms with E-state index in [4.69, 9.17) is 13.6 Å². The minimum Gasteiger partial charge on any atom is -0.490 e. The molecule has 122 valence electrons. The number of furan rings is 1. The molecule has 1 saturated heterocycles. The van der Waals surface area contributed by atoms with Crippen molar-refractivity contribution in [2.24, 2.45) is 0 Å². The van der Waals surface area contributed by atoms with E-state index in [0.29, 0.717) is 6.54 Å². The third kappa shape index (κ3) is 3.16. The van der Waals surface area contributed by atoms with Crippen LogP contribution in [-0.2, 0) is 0 Å². The van der Waals surface area contributed by atoms with Crippen molar-refractivity contribution in [3.05, 3.63) is 52.5 Å². The lowest BCUT2D eigenvalue weighted by atomic mass is 10.1. The average molecular weight is 317 g/mol. The third-order valence-electron chi connectivity index (χ3n) is 4.11. The van der Waals surface area contributed by atoms with Crippen molar-refractivity contribution in [1.29, 1.82) is 0 Å². The summed E-state index contributed by atoms with van der Waals surface area (Å²) >= 11 is 0. The molecule has 1 amide bonds. The summed E-state index contributed by atoms with van der Waals surface area (Å²) in [4.78, 5) is 26.4. The molecule has 0 spiro atoms. The lowest BCUT2D eigenvalue weighted by Crippen LogP contribution is -2.35. The summed E-state index contributed by atoms with van der Waals surface area (Å²) in [6, 6.07) is 4.75. The maximum Gasteiger partial charge on any atom is 0.290 e. The van der Waals surface area contributed by atoms with Gasteiger partial charge in [-0.05, 0) is 25.0 Å². The first-order chi connectivity index (χ1) is 11.2. The quantitative estimate of drug-likeness (QED) is 0.870. The molecule has 3 heterocycles. The second kappa shape index (κ2) is 6.73. The van der Waals surface area contributed by atoms with E-state index in [1.807, 2.05) is 12.1 Å². The number of ether oxygens (including phenoxy) is 1. The number of likely N-dealkylation sites (tertiary alicyclic amines) is 1. The maximum atomic E-state index is 12.8. The molecule has 0 aliphatic carbocycles. The molecule has 6 heteroatoms. The molecule has 1 fully saturated rings. The zero-order valence-corrected chi connectivity index (χ0v) is 13.0. The van der Waals surface area contributed by atoms with Crippen LogP contribution in [0.2, 0.25) is 0 Å². The number of carbonyl (C=O) groups is 1. The molecule has 3 rings (SSSR count). The van der Waals surface area contributed by atoms with Crippen LogP contribution in [0.25, 0.3) is 0 Å². The summed E-state index contributed by atoms with van der Waals surface area (Å²) in [7, 11) is 1.38. The van der Waals surface area contributed by atoms with Crippen LogP contribution in [0.15, 0.2) is 44.4 Å². The normalized spacial score (nSPS) is 18.5. The molecule has 0 radical (unpaired) electrons. The van der Waals surface area contributed by atoms with Crippen LogP contribution >= 0.6 is 0 Å². The van der Waals surface area contributed by atoms with Gasteiger partial charge in [0, 0.05) is 12.6 Å². The largest absolute Gasteiger partial charge is 0.490 e. The van der Waals surface area contributed by atoms with E-state index in [2.05, 4.69) is 0 Å². The van der Waals surface area contributed by atoms with E-state index in [9.17, 15) is 9.59 Å². The number of nitrogens with zero attached hydrogens (tertiary/aromatic N) is 1. The third-order valence-corrected chi connectivity index (χ3v) is 4.11. The number of hydrogen-bond donors (Lipinski definition) is 0. The fraction of sp³-hybridized carbons (Fsp3) is 0.412. The molecule has 1 aliphatic heterocycles. The van der Waals surface area contributed by atoms with Crippen molar-refractivity contribution in [2.75, 3.05) is 13.7 Å². The number of amides is 1. The predicted octanol–water partition coefficient (Wildman–Crippen LogP) is 3.00. The van der Waals surface area contributed by atoms with Gasteiger partial charge in [0.1, 0.15) is 12.0 Å². The Morgan fingerprint density at radius 3 is 2.87 bits per heavy atom. The van der Waals surface area contributed by atoms with Crippen molar-refractivity contribution in [1.82, 2.24) is 4.90 Å². The first-order valence-electron chi connectivity index (χ1n) is 7.72. The lowest BCUT2D eigenvalue weighted by Gasteiger charge is -2.28. The van der Waals surface area contributed by atoms with Crippen molar-refractivity contribution < 1.29 is 18.4 Å². The van der Waals surface area contributed by atoms with Gasteiger partial charge in [-0.25, -0.2) is 0 Å². The van der Waals surface area contributed by atoms with E-state index < -0.39 is 0 Å². The predicted molar refractivity (Wildman–Crippen MR) is 82.5 cm³/mol. The number of methoxy groups -OCH3 is 1. The molecule has 1 aliphatic rings. The number of carbonyl (C=O) groups excluding carboxylic acids is 1. The standard InChI is InChI=1S/C17H19NO5/c1-21-16-11-23-15(10-13(16)19)17(20)18-8-4-2-3-6-12(18)14-7-5-9-22-14/h5,7,9-12H,2-4,6,8H2,1H3. The molecule has 2 aromatic rings. The van der Waals surface area contributed by atoms with Crippen LogP contribution in [0, 0.1) is 0 Å². The fourth-order valence-electron chi connectivity index (χ4n) is 2.93. The van der Waals surface area contributed by atoms with E-state index in [1.165, 1.54) is 19.4 Å². The van der Waals surface area contributed by atoms with Gasteiger partial charge in [0.25, 0.3) is 5.91 Å². The molecule has 1 atom stereocenters. The lowest BCUT2D eigenvalue weighted by molar-refractivity contribution is 0.0622. The fourth-order valence-corrected chi connectivity index (χ4v) is 2.93. The molecule has 0 bridgehead atoms. The van der Waals surface area contributed by atoms with E-state index in [1.54, 1.807) is 11.2 Å². The second-order valence-corrected chi connectivity index (χ2v) is 5.56. The van der Waals surface area contributed by atoms with Crippen LogP contribution < -0.4 is 10.2 Å². The van der Waals surface area contributed by atoms with E-state index in [-0.39, 0.29) is 28.9 Å². The zero-order chi connectivity index (χ0) is 16.2. The van der Waals surface area contributed by atoms with Crippen LogP contribution in [0.4, 0.5) is 0 Å². The Kier molecular flexibility index (Phi) is 4.50. The minimum absolute atomic E-state index is 0.0225. The number of hydrogen-bond acceptors (Lipinski definition) is 5. The van der Waals surface area contributed by atoms with Gasteiger partial charge in [-0.1, -0.05) is 12.8 Å². The minimum atomic E-state index is -0.369. The van der Waals surface area contributed by atoms with E-state index >= 15 is 0 Å². The summed E-state index contributed by atoms with van der Waals surface area (Å²) in [6.45, 7) is 0.611. The molecule has 6 nitrogen and oxygen atoms in total. The van der Waals surface area contributed by atoms with Crippen LogP contribution in [0.1, 0.15) is 48.0 Å². The monoisotopic (exact) mass is 317 g/mol. The smallest absolute Gasteiger partial charge is 0.290 e. The van der Waals surface area contributed by atoms with Gasteiger partial charge in [-0.2, -0.15) is 0 Å². The highest BCUT2D eigenvalue weighted by molar-refractivity contribution is 5.91. The van der Waals surface area contributed by atoms with Gasteiger partial charge in [0.15, 0.2) is 5.76 Å². The SMILES string of the molecule is COc1coc(C(=O)N2CCCCCC2c2ccco2)cc1=O. The maximum absolute atomic E-state index is 12.8. The Morgan fingerprint density at radius 2 is 2.17 bits per heavy atom. The zero-order valence-electron chi connectivity index (χ0n) is 13.0. The van der Waals surface area contributed by atoms with Crippen molar-refractivity contribution in [2.45, 2.75) is 31.7 Å². The Bertz CT molecular complexity index is 719. The first kappa shape index (κ1) is 15.4. The molecular weight excluding hydrogens is 298 g/mol. The van der Waals surface area contributed by atoms with Gasteiger partial charge in [-0.3, -0.25) is 9.59 Å². The first-order valence-corrected chi connectivity index (χ1v) is 7.72. The Hall–Kier alpha value is -2.50. The molecule has 0 saturated carbocycles. The highest BCUT2D eigenvalue weighted by Crippen LogP contribution is 2.31. The van der Waals surface area contributed by atoms with Crippen LogP contribution in [0.5, 0.6) is 5.75 Å². The summed E-state index contributed by atoms with van der Waals surface area (Å²) in [5, 5.41) is 0. The Labute approximate surface area is 133 Å². The van der Waals surface area contributed by atoms with Crippen molar-refractivity contribution >= 4 is 5.91 Å². The van der Waals surface area contributed by atoms with Crippen LogP contribution in [0.3, 0.4) is 0 Å². The van der Waals surface area contributed by atoms with Gasteiger partial charge >= 0.3 is 0 Å². The molecule has 0 aromatic carbocycles. The second-order valence-electron chi connectivity index (χ2n) is 5.56. The Morgan fingerprint density at radius 1 is 1.30 bits per heavy atom. The van der Waals surface area contributed by atoms with Gasteiger partial charge in [0.05, 0.1) is 19.4 Å². The summed E-state index contributed by atoms with van der Waals surface area (Å²) in [5.74, 6) is 0.568. The van der Waals surface area contributed by atoms with E-state index in [0.717, 1.165) is 31.4 Å². The molecule has 2 aromatic heterocycles. The molecular formula is C17H19NO5.